The molecule has 0 heterocycles. The molecule has 0 aliphatic rings. The molecule has 1 amide bonds. The number of rotatable bonds is 6. The third-order valence-corrected chi connectivity index (χ3v) is 3.48. The van der Waals surface area contributed by atoms with Crippen LogP contribution in [0.15, 0.2) is 18.2 Å². The van der Waals surface area contributed by atoms with Crippen LogP contribution in [0.2, 0.25) is 5.02 Å². The van der Waals surface area contributed by atoms with E-state index in [0.717, 1.165) is 12.8 Å². The minimum absolute atomic E-state index is 0.0321. The van der Waals surface area contributed by atoms with E-state index in [0.29, 0.717) is 0 Å². The third kappa shape index (κ3) is 3.67. The van der Waals surface area contributed by atoms with Gasteiger partial charge in [0, 0.05) is 12.6 Å². The molecule has 5 heteroatoms. The summed E-state index contributed by atoms with van der Waals surface area (Å²) >= 11 is 5.91. The lowest BCUT2D eigenvalue weighted by molar-refractivity contribution is 0.0618. The van der Waals surface area contributed by atoms with E-state index in [1.807, 2.05) is 13.8 Å². The van der Waals surface area contributed by atoms with Gasteiger partial charge in [-0.3, -0.25) is 4.79 Å². The summed E-state index contributed by atoms with van der Waals surface area (Å²) in [6, 6.07) is 4.13. The summed E-state index contributed by atoms with van der Waals surface area (Å²) in [4.78, 5) is 13.9. The number of halogens is 2. The van der Waals surface area contributed by atoms with Crippen LogP contribution in [0.5, 0.6) is 0 Å². The molecule has 0 saturated heterocycles. The van der Waals surface area contributed by atoms with Crippen molar-refractivity contribution >= 4 is 17.5 Å². The van der Waals surface area contributed by atoms with Gasteiger partial charge < -0.3 is 10.0 Å². The van der Waals surface area contributed by atoms with Crippen molar-refractivity contribution in [1.29, 1.82) is 0 Å². The van der Waals surface area contributed by atoms with Crippen molar-refractivity contribution in [3.8, 4) is 0 Å². The first kappa shape index (κ1) is 15.9. The zero-order valence-electron chi connectivity index (χ0n) is 11.2. The summed E-state index contributed by atoms with van der Waals surface area (Å²) in [5, 5.41) is 9.19. The second-order valence-electron chi connectivity index (χ2n) is 4.29. The monoisotopic (exact) mass is 287 g/mol. The molecule has 3 nitrogen and oxygen atoms in total. The van der Waals surface area contributed by atoms with Gasteiger partial charge >= 0.3 is 0 Å². The molecule has 0 radical (unpaired) electrons. The normalized spacial score (nSPS) is 10.8. The van der Waals surface area contributed by atoms with E-state index < -0.39 is 11.7 Å². The average molecular weight is 288 g/mol. The molecule has 0 atom stereocenters. The first-order valence-corrected chi connectivity index (χ1v) is 6.80. The Kier molecular flexibility index (Phi) is 6.25. The predicted octanol–water partition coefficient (Wildman–Crippen LogP) is 3.10. The minimum atomic E-state index is -0.633. The van der Waals surface area contributed by atoms with E-state index in [-0.39, 0.29) is 29.8 Å². The number of carbonyl (C=O) groups excluding carboxylic acids is 1. The Bertz CT molecular complexity index is 415. The van der Waals surface area contributed by atoms with Crippen LogP contribution in [-0.2, 0) is 0 Å². The molecule has 106 valence electrons. The first-order valence-electron chi connectivity index (χ1n) is 6.42. The van der Waals surface area contributed by atoms with Crippen LogP contribution in [0, 0.1) is 5.82 Å². The quantitative estimate of drug-likeness (QED) is 0.873. The van der Waals surface area contributed by atoms with E-state index in [1.54, 1.807) is 0 Å². The Hall–Kier alpha value is -1.13. The van der Waals surface area contributed by atoms with Crippen molar-refractivity contribution in [2.45, 2.75) is 32.7 Å². The zero-order valence-corrected chi connectivity index (χ0v) is 12.0. The highest BCUT2D eigenvalue weighted by atomic mass is 35.5. The molecule has 0 aromatic heterocycles. The maximum absolute atomic E-state index is 13.8. The lowest BCUT2D eigenvalue weighted by atomic mass is 10.1. The second-order valence-corrected chi connectivity index (χ2v) is 4.70. The summed E-state index contributed by atoms with van der Waals surface area (Å²) in [6.07, 6.45) is 1.49. The Labute approximate surface area is 118 Å². The van der Waals surface area contributed by atoms with Gasteiger partial charge in [-0.2, -0.15) is 0 Å². The van der Waals surface area contributed by atoms with Gasteiger partial charge in [-0.05, 0) is 25.0 Å². The maximum atomic E-state index is 13.8. The number of aliphatic hydroxyl groups is 1. The number of benzene rings is 1. The average Bonchev–Trinajstić information content (AvgIpc) is 2.38. The maximum Gasteiger partial charge on any atom is 0.258 e. The molecule has 0 bridgehead atoms. The standard InChI is InChI=1S/C14H19ClFNO2/c1-3-10(4-2)17(8-9-18)14(19)13-11(15)6-5-7-12(13)16/h5-7,10,18H,3-4,8-9H2,1-2H3. The van der Waals surface area contributed by atoms with Gasteiger partial charge in [0.05, 0.1) is 17.2 Å². The van der Waals surface area contributed by atoms with Crippen LogP contribution in [0.1, 0.15) is 37.0 Å². The topological polar surface area (TPSA) is 40.5 Å². The molecule has 19 heavy (non-hydrogen) atoms. The molecule has 0 spiro atoms. The molecule has 1 aromatic carbocycles. The molecule has 1 N–H and O–H groups in total. The van der Waals surface area contributed by atoms with Gasteiger partial charge in [0.25, 0.3) is 5.91 Å². The van der Waals surface area contributed by atoms with Crippen LogP contribution in [0.3, 0.4) is 0 Å². The molecular formula is C14H19ClFNO2. The molecule has 1 aromatic rings. The summed E-state index contributed by atoms with van der Waals surface area (Å²) < 4.78 is 13.8. The van der Waals surface area contributed by atoms with Crippen LogP contribution in [0.25, 0.3) is 0 Å². The predicted molar refractivity (Wildman–Crippen MR) is 73.9 cm³/mol. The van der Waals surface area contributed by atoms with Crippen LogP contribution >= 0.6 is 11.6 Å². The van der Waals surface area contributed by atoms with E-state index >= 15 is 0 Å². The SMILES string of the molecule is CCC(CC)N(CCO)C(=O)c1c(F)cccc1Cl. The Morgan fingerprint density at radius 2 is 2.05 bits per heavy atom. The number of carbonyl (C=O) groups is 1. The highest BCUT2D eigenvalue weighted by Gasteiger charge is 2.26. The fourth-order valence-corrected chi connectivity index (χ4v) is 2.38. The first-order chi connectivity index (χ1) is 9.06. The summed E-state index contributed by atoms with van der Waals surface area (Å²) in [6.45, 7) is 3.92. The summed E-state index contributed by atoms with van der Waals surface area (Å²) in [5.41, 5.74) is -0.121. The highest BCUT2D eigenvalue weighted by molar-refractivity contribution is 6.33. The number of hydrogen-bond acceptors (Lipinski definition) is 2. The number of aliphatic hydroxyl groups excluding tert-OH is 1. The van der Waals surface area contributed by atoms with Crippen molar-refractivity contribution in [1.82, 2.24) is 4.90 Å². The van der Waals surface area contributed by atoms with E-state index in [9.17, 15) is 9.18 Å². The van der Waals surface area contributed by atoms with E-state index in [2.05, 4.69) is 0 Å². The number of hydrogen-bond donors (Lipinski definition) is 1. The van der Waals surface area contributed by atoms with Crippen molar-refractivity contribution in [2.24, 2.45) is 0 Å². The second kappa shape index (κ2) is 7.46. The Morgan fingerprint density at radius 1 is 1.42 bits per heavy atom. The van der Waals surface area contributed by atoms with Gasteiger partial charge in [-0.15, -0.1) is 0 Å². The minimum Gasteiger partial charge on any atom is -0.395 e. The van der Waals surface area contributed by atoms with Gasteiger partial charge in [0.2, 0.25) is 0 Å². The van der Waals surface area contributed by atoms with Crippen LogP contribution < -0.4 is 0 Å². The Balaban J connectivity index is 3.12. The van der Waals surface area contributed by atoms with Gasteiger partial charge in [-0.1, -0.05) is 31.5 Å². The summed E-state index contributed by atoms with van der Waals surface area (Å²) in [5.74, 6) is -1.10. The van der Waals surface area contributed by atoms with Crippen LogP contribution in [-0.4, -0.2) is 35.1 Å². The van der Waals surface area contributed by atoms with Crippen molar-refractivity contribution < 1.29 is 14.3 Å². The third-order valence-electron chi connectivity index (χ3n) is 3.16. The molecule has 0 saturated carbocycles. The van der Waals surface area contributed by atoms with Crippen LogP contribution in [0.4, 0.5) is 4.39 Å². The van der Waals surface area contributed by atoms with Crippen molar-refractivity contribution in [3.05, 3.63) is 34.6 Å². The Morgan fingerprint density at radius 3 is 2.53 bits per heavy atom. The molecule has 1 rings (SSSR count). The van der Waals surface area contributed by atoms with Crippen molar-refractivity contribution in [2.75, 3.05) is 13.2 Å². The zero-order chi connectivity index (χ0) is 14.4. The smallest absolute Gasteiger partial charge is 0.258 e. The number of nitrogens with zero attached hydrogens (tertiary/aromatic N) is 1. The summed E-state index contributed by atoms with van der Waals surface area (Å²) in [7, 11) is 0. The molecule has 0 aliphatic heterocycles. The molecule has 0 fully saturated rings. The lowest BCUT2D eigenvalue weighted by Gasteiger charge is -2.30. The molecule has 0 unspecified atom stereocenters. The van der Waals surface area contributed by atoms with E-state index in [4.69, 9.17) is 16.7 Å². The van der Waals surface area contributed by atoms with Gasteiger partial charge in [0.1, 0.15) is 5.82 Å². The largest absolute Gasteiger partial charge is 0.395 e. The fourth-order valence-electron chi connectivity index (χ4n) is 2.13. The molecular weight excluding hydrogens is 269 g/mol. The van der Waals surface area contributed by atoms with Crippen molar-refractivity contribution in [3.63, 3.8) is 0 Å². The lowest BCUT2D eigenvalue weighted by Crippen LogP contribution is -2.42. The van der Waals surface area contributed by atoms with Gasteiger partial charge in [-0.25, -0.2) is 4.39 Å². The highest BCUT2D eigenvalue weighted by Crippen LogP contribution is 2.22. The van der Waals surface area contributed by atoms with E-state index in [1.165, 1.54) is 23.1 Å². The van der Waals surface area contributed by atoms with Gasteiger partial charge in [0.15, 0.2) is 0 Å². The molecule has 0 aliphatic carbocycles. The number of amides is 1. The fraction of sp³-hybridized carbons (Fsp3) is 0.500.